The number of nitrogens with zero attached hydrogens (tertiary/aromatic N) is 6. The summed E-state index contributed by atoms with van der Waals surface area (Å²) in [6, 6.07) is 8.08. The lowest BCUT2D eigenvalue weighted by Crippen LogP contribution is -2.42. The third kappa shape index (κ3) is 3.73. The van der Waals surface area contributed by atoms with Gasteiger partial charge in [0.1, 0.15) is 17.4 Å². The fraction of sp³-hybridized carbons (Fsp3) is 0.333. The van der Waals surface area contributed by atoms with Gasteiger partial charge in [-0.1, -0.05) is 12.0 Å². The average molecular weight is 373 g/mol. The van der Waals surface area contributed by atoms with Crippen LogP contribution in [0.2, 0.25) is 0 Å². The molecule has 1 aromatic carbocycles. The predicted molar refractivity (Wildman–Crippen MR) is 112 cm³/mol. The molecule has 3 heterocycles. The Morgan fingerprint density at radius 1 is 1.21 bits per heavy atom. The third-order valence-electron chi connectivity index (χ3n) is 5.21. The van der Waals surface area contributed by atoms with E-state index in [1.807, 2.05) is 24.3 Å². The van der Waals surface area contributed by atoms with E-state index in [4.69, 9.17) is 11.4 Å². The summed E-state index contributed by atoms with van der Waals surface area (Å²) in [7, 11) is 4.22. The molecule has 0 bridgehead atoms. The second-order valence-corrected chi connectivity index (χ2v) is 7.12. The van der Waals surface area contributed by atoms with E-state index < -0.39 is 0 Å². The van der Waals surface area contributed by atoms with Crippen LogP contribution < -0.4 is 10.2 Å². The van der Waals surface area contributed by atoms with E-state index >= 15 is 0 Å². The third-order valence-corrected chi connectivity index (χ3v) is 5.21. The number of likely N-dealkylation sites (tertiary alicyclic amines) is 1. The SMILES string of the molecule is C#Cc1cccc(Nc2ncnc3cnc(N(C)C4CCN(C)CC4)nc23)c1. The second kappa shape index (κ2) is 7.79. The highest BCUT2D eigenvalue weighted by atomic mass is 15.3. The number of fused-ring (bicyclic) bond motifs is 1. The number of benzene rings is 1. The molecule has 7 heteroatoms. The molecule has 1 N–H and O–H groups in total. The van der Waals surface area contributed by atoms with Crippen LogP contribution in [-0.4, -0.2) is 58.1 Å². The Morgan fingerprint density at radius 2 is 2.04 bits per heavy atom. The van der Waals surface area contributed by atoms with Crippen molar-refractivity contribution in [3.8, 4) is 12.3 Å². The summed E-state index contributed by atoms with van der Waals surface area (Å²) in [6.45, 7) is 2.17. The zero-order chi connectivity index (χ0) is 19.5. The van der Waals surface area contributed by atoms with E-state index in [1.165, 1.54) is 6.33 Å². The predicted octanol–water partition coefficient (Wildman–Crippen LogP) is 2.68. The van der Waals surface area contributed by atoms with Crippen molar-refractivity contribution >= 4 is 28.5 Å². The molecule has 7 nitrogen and oxygen atoms in total. The molecule has 1 saturated heterocycles. The highest BCUT2D eigenvalue weighted by Gasteiger charge is 2.22. The van der Waals surface area contributed by atoms with Crippen LogP contribution >= 0.6 is 0 Å². The molecule has 3 aromatic rings. The number of rotatable bonds is 4. The summed E-state index contributed by atoms with van der Waals surface area (Å²) >= 11 is 0. The van der Waals surface area contributed by atoms with Crippen molar-refractivity contribution in [1.29, 1.82) is 0 Å². The molecule has 0 saturated carbocycles. The maximum Gasteiger partial charge on any atom is 0.226 e. The molecule has 0 atom stereocenters. The lowest BCUT2D eigenvalue weighted by molar-refractivity contribution is 0.252. The lowest BCUT2D eigenvalue weighted by atomic mass is 10.0. The molecule has 0 spiro atoms. The summed E-state index contributed by atoms with van der Waals surface area (Å²) in [4.78, 5) is 22.5. The van der Waals surface area contributed by atoms with Gasteiger partial charge in [0.25, 0.3) is 0 Å². The number of hydrogen-bond donors (Lipinski definition) is 1. The number of hydrogen-bond acceptors (Lipinski definition) is 7. The molecule has 142 valence electrons. The minimum atomic E-state index is 0.432. The van der Waals surface area contributed by atoms with Gasteiger partial charge in [0.2, 0.25) is 5.95 Å². The van der Waals surface area contributed by atoms with E-state index in [2.05, 4.69) is 50.1 Å². The van der Waals surface area contributed by atoms with Crippen LogP contribution in [0.25, 0.3) is 11.0 Å². The Labute approximate surface area is 164 Å². The van der Waals surface area contributed by atoms with Crippen molar-refractivity contribution in [2.24, 2.45) is 0 Å². The van der Waals surface area contributed by atoms with E-state index in [0.29, 0.717) is 28.8 Å². The minimum Gasteiger partial charge on any atom is -0.341 e. The second-order valence-electron chi connectivity index (χ2n) is 7.12. The molecule has 1 fully saturated rings. The van der Waals surface area contributed by atoms with Gasteiger partial charge in [-0.05, 0) is 51.2 Å². The molecule has 0 radical (unpaired) electrons. The standard InChI is InChI=1S/C21H23N7/c1-4-15-6-5-7-16(12-15)25-20-19-18(23-14-24-20)13-22-21(26-19)28(3)17-8-10-27(2)11-9-17/h1,5-7,12-14,17H,8-11H2,2-3H3,(H,23,24,25). The Balaban J connectivity index is 1.64. The number of aromatic nitrogens is 4. The van der Waals surface area contributed by atoms with Crippen LogP contribution in [0.3, 0.4) is 0 Å². The van der Waals surface area contributed by atoms with Crippen LogP contribution in [0.15, 0.2) is 36.8 Å². The number of piperidine rings is 1. The van der Waals surface area contributed by atoms with E-state index in [0.717, 1.165) is 37.2 Å². The number of nitrogens with one attached hydrogen (secondary N) is 1. The smallest absolute Gasteiger partial charge is 0.226 e. The molecule has 0 amide bonds. The topological polar surface area (TPSA) is 70.1 Å². The Kier molecular flexibility index (Phi) is 5.04. The first-order valence-corrected chi connectivity index (χ1v) is 9.37. The van der Waals surface area contributed by atoms with Gasteiger partial charge in [-0.2, -0.15) is 0 Å². The molecular formula is C21H23N7. The molecule has 0 aliphatic carbocycles. The van der Waals surface area contributed by atoms with Gasteiger partial charge in [-0.15, -0.1) is 6.42 Å². The van der Waals surface area contributed by atoms with Gasteiger partial charge in [0, 0.05) is 24.3 Å². The lowest BCUT2D eigenvalue weighted by Gasteiger charge is -2.35. The molecule has 0 unspecified atom stereocenters. The maximum absolute atomic E-state index is 5.50. The van der Waals surface area contributed by atoms with Gasteiger partial charge in [-0.25, -0.2) is 19.9 Å². The Bertz CT molecular complexity index is 1020. The first kappa shape index (κ1) is 18.1. The molecule has 2 aromatic heterocycles. The van der Waals surface area contributed by atoms with Crippen LogP contribution in [-0.2, 0) is 0 Å². The first-order chi connectivity index (χ1) is 13.6. The van der Waals surface area contributed by atoms with Crippen molar-refractivity contribution in [1.82, 2.24) is 24.8 Å². The van der Waals surface area contributed by atoms with Crippen LogP contribution in [0.4, 0.5) is 17.5 Å². The monoisotopic (exact) mass is 373 g/mol. The number of anilines is 3. The van der Waals surface area contributed by atoms with Gasteiger partial charge in [-0.3, -0.25) is 0 Å². The van der Waals surface area contributed by atoms with Gasteiger partial charge in [0.15, 0.2) is 5.82 Å². The highest BCUT2D eigenvalue weighted by molar-refractivity contribution is 5.87. The molecule has 28 heavy (non-hydrogen) atoms. The van der Waals surface area contributed by atoms with Crippen molar-refractivity contribution in [2.75, 3.05) is 37.4 Å². The quantitative estimate of drug-likeness (QED) is 0.705. The summed E-state index contributed by atoms with van der Waals surface area (Å²) < 4.78 is 0. The minimum absolute atomic E-state index is 0.432. The highest BCUT2D eigenvalue weighted by Crippen LogP contribution is 2.25. The fourth-order valence-corrected chi connectivity index (χ4v) is 3.48. The van der Waals surface area contributed by atoms with E-state index in [9.17, 15) is 0 Å². The molecule has 1 aliphatic heterocycles. The Morgan fingerprint density at radius 3 is 2.82 bits per heavy atom. The van der Waals surface area contributed by atoms with Crippen LogP contribution in [0, 0.1) is 12.3 Å². The zero-order valence-electron chi connectivity index (χ0n) is 16.1. The van der Waals surface area contributed by atoms with Crippen molar-refractivity contribution in [2.45, 2.75) is 18.9 Å². The zero-order valence-corrected chi connectivity index (χ0v) is 16.1. The van der Waals surface area contributed by atoms with Crippen LogP contribution in [0.5, 0.6) is 0 Å². The van der Waals surface area contributed by atoms with Gasteiger partial charge >= 0.3 is 0 Å². The molecular weight excluding hydrogens is 350 g/mol. The van der Waals surface area contributed by atoms with Crippen molar-refractivity contribution in [3.63, 3.8) is 0 Å². The van der Waals surface area contributed by atoms with Crippen molar-refractivity contribution in [3.05, 3.63) is 42.4 Å². The van der Waals surface area contributed by atoms with Crippen molar-refractivity contribution < 1.29 is 0 Å². The maximum atomic E-state index is 5.50. The summed E-state index contributed by atoms with van der Waals surface area (Å²) in [5.41, 5.74) is 3.06. The number of terminal acetylenes is 1. The Hall–Kier alpha value is -3.24. The van der Waals surface area contributed by atoms with Gasteiger partial charge < -0.3 is 15.1 Å². The van der Waals surface area contributed by atoms with Crippen LogP contribution in [0.1, 0.15) is 18.4 Å². The summed E-state index contributed by atoms with van der Waals surface area (Å²) in [5, 5.41) is 3.31. The fourth-order valence-electron chi connectivity index (χ4n) is 3.48. The van der Waals surface area contributed by atoms with E-state index in [-0.39, 0.29) is 0 Å². The summed E-state index contributed by atoms with van der Waals surface area (Å²) in [6.07, 6.45) is 11.0. The summed E-state index contributed by atoms with van der Waals surface area (Å²) in [5.74, 6) is 3.98. The first-order valence-electron chi connectivity index (χ1n) is 9.37. The molecule has 1 aliphatic rings. The normalized spacial score (nSPS) is 15.3. The molecule has 4 rings (SSSR count). The average Bonchev–Trinajstić information content (AvgIpc) is 2.74. The largest absolute Gasteiger partial charge is 0.341 e. The van der Waals surface area contributed by atoms with E-state index in [1.54, 1.807) is 6.20 Å². The van der Waals surface area contributed by atoms with Gasteiger partial charge in [0.05, 0.1) is 6.20 Å².